The van der Waals surface area contributed by atoms with E-state index < -0.39 is 0 Å². The van der Waals surface area contributed by atoms with Crippen LogP contribution in [0.2, 0.25) is 0 Å². The second-order valence-electron chi connectivity index (χ2n) is 6.27. The fraction of sp³-hybridized carbons (Fsp3) is 0. The fourth-order valence-electron chi connectivity index (χ4n) is 2.72. The van der Waals surface area contributed by atoms with Gasteiger partial charge in [-0.05, 0) is 33.4 Å². The summed E-state index contributed by atoms with van der Waals surface area (Å²) in [6, 6.07) is 25.5. The smallest absolute Gasteiger partial charge is 0.0906 e. The number of benzene rings is 3. The Hall–Kier alpha value is -2.73. The van der Waals surface area contributed by atoms with Crippen molar-refractivity contribution in [3.8, 4) is 0 Å². The first-order valence-electron chi connectivity index (χ1n) is 8.17. The summed E-state index contributed by atoms with van der Waals surface area (Å²) in [5.74, 6) is 0. The van der Waals surface area contributed by atoms with Crippen LogP contribution in [0.1, 0.15) is 22.3 Å². The van der Waals surface area contributed by atoms with Gasteiger partial charge in [-0.15, -0.1) is 0 Å². The first kappa shape index (κ1) is 16.1. The highest BCUT2D eigenvalue weighted by atomic mass is 14.1. The lowest BCUT2D eigenvalue weighted by Crippen LogP contribution is -2.01. The van der Waals surface area contributed by atoms with Crippen molar-refractivity contribution < 1.29 is 0 Å². The normalized spacial score (nSPS) is 10.3. The second-order valence-corrected chi connectivity index (χ2v) is 6.27. The first-order chi connectivity index (χ1) is 11.5. The molecule has 0 aliphatic rings. The molecule has 2 heteroatoms. The topological polar surface area (TPSA) is 0 Å². The Morgan fingerprint density at radius 3 is 0.917 bits per heavy atom. The van der Waals surface area contributed by atoms with Crippen LogP contribution < -0.4 is 10.9 Å². The summed E-state index contributed by atoms with van der Waals surface area (Å²) in [5, 5.41) is 0. The van der Waals surface area contributed by atoms with Gasteiger partial charge in [-0.3, -0.25) is 0 Å². The lowest BCUT2D eigenvalue weighted by atomic mass is 9.90. The molecule has 0 saturated heterocycles. The molecule has 0 unspecified atom stereocenters. The Bertz CT molecular complexity index is 794. The van der Waals surface area contributed by atoms with Crippen molar-refractivity contribution in [2.24, 2.45) is 0 Å². The van der Waals surface area contributed by atoms with Crippen LogP contribution in [-0.4, -0.2) is 15.7 Å². The zero-order valence-corrected chi connectivity index (χ0v) is 14.3. The van der Waals surface area contributed by atoms with Gasteiger partial charge in [-0.2, -0.15) is 0 Å². The van der Waals surface area contributed by atoms with Gasteiger partial charge in [0.15, 0.2) is 0 Å². The zero-order valence-electron chi connectivity index (χ0n) is 14.3. The lowest BCUT2D eigenvalue weighted by Gasteiger charge is -2.10. The van der Waals surface area contributed by atoms with Crippen LogP contribution in [0.25, 0.3) is 11.1 Å². The van der Waals surface area contributed by atoms with E-state index in [4.69, 9.17) is 0 Å². The molecule has 0 nitrogen and oxygen atoms in total. The monoisotopic (exact) mass is 306 g/mol. The van der Waals surface area contributed by atoms with Crippen molar-refractivity contribution in [2.45, 2.75) is 0 Å². The van der Waals surface area contributed by atoms with Gasteiger partial charge in [0.05, 0.1) is 0 Å². The molecule has 3 rings (SSSR count). The maximum atomic E-state index is 4.24. The Balaban J connectivity index is 1.82. The van der Waals surface area contributed by atoms with Gasteiger partial charge in [0.1, 0.15) is 15.7 Å². The van der Waals surface area contributed by atoms with Crippen molar-refractivity contribution in [2.75, 3.05) is 0 Å². The van der Waals surface area contributed by atoms with Crippen molar-refractivity contribution in [3.63, 3.8) is 0 Å². The van der Waals surface area contributed by atoms with E-state index in [9.17, 15) is 0 Å². The average molecular weight is 306 g/mol. The SMILES string of the molecule is Bc1ccc(C(=C)c2ccc(C(=C)c3ccc(B)cc3)cc2)cc1. The van der Waals surface area contributed by atoms with Crippen LogP contribution in [-0.2, 0) is 0 Å². The van der Waals surface area contributed by atoms with Crippen LogP contribution in [0.4, 0.5) is 0 Å². The molecule has 0 N–H and O–H groups in total. The summed E-state index contributed by atoms with van der Waals surface area (Å²) in [5.41, 5.74) is 9.20. The van der Waals surface area contributed by atoms with Crippen LogP contribution in [0.5, 0.6) is 0 Å². The van der Waals surface area contributed by atoms with Gasteiger partial charge in [0, 0.05) is 0 Å². The van der Waals surface area contributed by atoms with E-state index in [2.05, 4.69) is 102 Å². The van der Waals surface area contributed by atoms with Gasteiger partial charge in [0.2, 0.25) is 0 Å². The number of hydrogen-bond donors (Lipinski definition) is 0. The molecular formula is C22H20B2. The summed E-state index contributed by atoms with van der Waals surface area (Å²) < 4.78 is 0. The molecule has 0 heterocycles. The maximum Gasteiger partial charge on any atom is 0.139 e. The van der Waals surface area contributed by atoms with E-state index in [1.807, 2.05) is 0 Å². The summed E-state index contributed by atoms with van der Waals surface area (Å²) in [7, 11) is 4.19. The van der Waals surface area contributed by atoms with Crippen LogP contribution in [0.3, 0.4) is 0 Å². The largest absolute Gasteiger partial charge is 0.139 e. The van der Waals surface area contributed by atoms with Gasteiger partial charge < -0.3 is 0 Å². The van der Waals surface area contributed by atoms with Gasteiger partial charge in [-0.25, -0.2) is 0 Å². The molecule has 0 aliphatic carbocycles. The van der Waals surface area contributed by atoms with Crippen LogP contribution >= 0.6 is 0 Å². The molecule has 0 saturated carbocycles. The molecule has 0 aromatic heterocycles. The molecule has 0 radical (unpaired) electrons. The minimum Gasteiger partial charge on any atom is -0.0906 e. The lowest BCUT2D eigenvalue weighted by molar-refractivity contribution is 1.52. The van der Waals surface area contributed by atoms with E-state index in [0.29, 0.717) is 0 Å². The minimum atomic E-state index is 1.04. The van der Waals surface area contributed by atoms with Crippen molar-refractivity contribution >= 4 is 37.8 Å². The third-order valence-corrected chi connectivity index (χ3v) is 4.38. The predicted molar refractivity (Wildman–Crippen MR) is 112 cm³/mol. The van der Waals surface area contributed by atoms with Gasteiger partial charge in [-0.1, -0.05) is 96.9 Å². The molecule has 3 aromatic carbocycles. The molecule has 0 aliphatic heterocycles. The maximum absolute atomic E-state index is 4.24. The van der Waals surface area contributed by atoms with Crippen molar-refractivity contribution in [3.05, 3.63) is 108 Å². The standard InChI is InChI=1S/C22H20B2/c1-15(19-7-11-21(23)12-8-19)17-3-5-18(6-4-17)16(2)20-9-13-22(24)14-10-20/h3-14H,1-2,23-24H2. The molecule has 0 bridgehead atoms. The van der Waals surface area contributed by atoms with E-state index in [1.165, 1.54) is 10.9 Å². The predicted octanol–water partition coefficient (Wildman–Crippen LogP) is 2.33. The first-order valence-corrected chi connectivity index (χ1v) is 8.17. The summed E-state index contributed by atoms with van der Waals surface area (Å²) in [6.45, 7) is 8.49. The van der Waals surface area contributed by atoms with E-state index in [1.54, 1.807) is 0 Å². The molecule has 0 fully saturated rings. The molecular weight excluding hydrogens is 286 g/mol. The number of hydrogen-bond acceptors (Lipinski definition) is 0. The van der Waals surface area contributed by atoms with Crippen LogP contribution in [0.15, 0.2) is 86.0 Å². The van der Waals surface area contributed by atoms with E-state index in [-0.39, 0.29) is 0 Å². The molecule has 0 spiro atoms. The molecule has 0 amide bonds. The van der Waals surface area contributed by atoms with E-state index in [0.717, 1.165) is 33.4 Å². The summed E-state index contributed by atoms with van der Waals surface area (Å²) in [4.78, 5) is 0. The highest BCUT2D eigenvalue weighted by Crippen LogP contribution is 2.25. The molecule has 24 heavy (non-hydrogen) atoms. The Morgan fingerprint density at radius 1 is 0.458 bits per heavy atom. The van der Waals surface area contributed by atoms with Gasteiger partial charge in [0.25, 0.3) is 0 Å². The zero-order chi connectivity index (χ0) is 17.1. The Labute approximate surface area is 146 Å². The highest BCUT2D eigenvalue weighted by Gasteiger charge is 2.05. The summed E-state index contributed by atoms with van der Waals surface area (Å²) >= 11 is 0. The third kappa shape index (κ3) is 3.44. The average Bonchev–Trinajstić information content (AvgIpc) is 2.62. The number of rotatable bonds is 4. The quantitative estimate of drug-likeness (QED) is 0.649. The fourth-order valence-corrected chi connectivity index (χ4v) is 2.72. The minimum absolute atomic E-state index is 1.04. The molecule has 114 valence electrons. The Morgan fingerprint density at radius 2 is 0.667 bits per heavy atom. The van der Waals surface area contributed by atoms with E-state index >= 15 is 0 Å². The highest BCUT2D eigenvalue weighted by molar-refractivity contribution is 6.32. The molecule has 0 atom stereocenters. The Kier molecular flexibility index (Phi) is 4.57. The van der Waals surface area contributed by atoms with Crippen LogP contribution in [0, 0.1) is 0 Å². The van der Waals surface area contributed by atoms with Gasteiger partial charge >= 0.3 is 0 Å². The summed E-state index contributed by atoms with van der Waals surface area (Å²) in [6.07, 6.45) is 0. The van der Waals surface area contributed by atoms with Crippen molar-refractivity contribution in [1.29, 1.82) is 0 Å². The third-order valence-electron chi connectivity index (χ3n) is 4.38. The van der Waals surface area contributed by atoms with Crippen molar-refractivity contribution in [1.82, 2.24) is 0 Å². The second kappa shape index (κ2) is 6.80. The molecule has 3 aromatic rings.